The number of ether oxygens (including phenoxy) is 1. The summed E-state index contributed by atoms with van der Waals surface area (Å²) in [7, 11) is 0. The summed E-state index contributed by atoms with van der Waals surface area (Å²) in [6.45, 7) is 10.1. The number of benzene rings is 2. The quantitative estimate of drug-likeness (QED) is 0.439. The van der Waals surface area contributed by atoms with Gasteiger partial charge in [0.2, 0.25) is 5.91 Å². The Labute approximate surface area is 200 Å². The van der Waals surface area contributed by atoms with Crippen LogP contribution in [0.15, 0.2) is 42.5 Å². The topological polar surface area (TPSA) is 81.4 Å². The third-order valence-corrected chi connectivity index (χ3v) is 5.35. The molecule has 0 saturated carbocycles. The van der Waals surface area contributed by atoms with E-state index in [1.165, 1.54) is 0 Å². The fourth-order valence-electron chi connectivity index (χ4n) is 3.20. The fourth-order valence-corrected chi connectivity index (χ4v) is 3.74. The van der Waals surface area contributed by atoms with E-state index in [2.05, 4.69) is 26.1 Å². The molecule has 0 fully saturated rings. The van der Waals surface area contributed by atoms with Crippen LogP contribution in [0.25, 0.3) is 0 Å². The van der Waals surface area contributed by atoms with Crippen molar-refractivity contribution in [2.75, 3.05) is 0 Å². The highest BCUT2D eigenvalue weighted by Crippen LogP contribution is 2.29. The Bertz CT molecular complexity index is 917. The van der Waals surface area contributed by atoms with E-state index in [0.717, 1.165) is 12.0 Å². The Morgan fingerprint density at radius 1 is 1.00 bits per heavy atom. The standard InChI is InChI=1S/C25H32Cl2N2O3/c1-15(2)32-24(31)17-8-6-16(7-9-17)21(10-11-25(3,4)5)29-23(30)22(28)18-12-19(26)14-20(27)13-18/h6-9,12-15,21-22H,10-11,28H2,1-5H3,(H,29,30)/t21-,22?/m1/s1. The molecule has 1 unspecified atom stereocenters. The van der Waals surface area contributed by atoms with Gasteiger partial charge in [-0.05, 0) is 73.6 Å². The molecule has 2 aromatic carbocycles. The second kappa shape index (κ2) is 11.2. The highest BCUT2D eigenvalue weighted by molar-refractivity contribution is 6.34. The zero-order valence-electron chi connectivity index (χ0n) is 19.2. The van der Waals surface area contributed by atoms with Crippen LogP contribution in [0.1, 0.15) is 81.0 Å². The Kier molecular flexibility index (Phi) is 9.14. The number of hydrogen-bond donors (Lipinski definition) is 2. The summed E-state index contributed by atoms with van der Waals surface area (Å²) in [4.78, 5) is 25.1. The first-order valence-corrected chi connectivity index (χ1v) is 11.4. The van der Waals surface area contributed by atoms with Gasteiger partial charge in [0.15, 0.2) is 0 Å². The lowest BCUT2D eigenvalue weighted by Gasteiger charge is -2.26. The Morgan fingerprint density at radius 2 is 1.56 bits per heavy atom. The summed E-state index contributed by atoms with van der Waals surface area (Å²) in [6.07, 6.45) is 1.41. The van der Waals surface area contributed by atoms with Gasteiger partial charge in [-0.15, -0.1) is 0 Å². The molecule has 3 N–H and O–H groups in total. The van der Waals surface area contributed by atoms with E-state index in [-0.39, 0.29) is 29.4 Å². The second-order valence-corrected chi connectivity index (χ2v) is 10.3. The number of amides is 1. The minimum atomic E-state index is -0.913. The minimum Gasteiger partial charge on any atom is -0.459 e. The van der Waals surface area contributed by atoms with Crippen molar-refractivity contribution >= 4 is 35.1 Å². The average molecular weight is 479 g/mol. The van der Waals surface area contributed by atoms with E-state index in [1.54, 1.807) is 44.2 Å². The van der Waals surface area contributed by atoms with Gasteiger partial charge in [0.25, 0.3) is 0 Å². The summed E-state index contributed by atoms with van der Waals surface area (Å²) >= 11 is 12.1. The summed E-state index contributed by atoms with van der Waals surface area (Å²) in [5.41, 5.74) is 8.19. The molecular formula is C25H32Cl2N2O3. The lowest BCUT2D eigenvalue weighted by Crippen LogP contribution is -2.37. The number of hydrogen-bond acceptors (Lipinski definition) is 4. The van der Waals surface area contributed by atoms with Crippen LogP contribution in [-0.2, 0) is 9.53 Å². The smallest absolute Gasteiger partial charge is 0.338 e. The zero-order valence-corrected chi connectivity index (χ0v) is 20.8. The SMILES string of the molecule is CC(C)OC(=O)c1ccc([C@@H](CCC(C)(C)C)NC(=O)C(N)c2cc(Cl)cc(Cl)c2)cc1. The first kappa shape index (κ1) is 26.2. The van der Waals surface area contributed by atoms with Crippen LogP contribution in [0.3, 0.4) is 0 Å². The van der Waals surface area contributed by atoms with E-state index >= 15 is 0 Å². The molecular weight excluding hydrogens is 447 g/mol. The van der Waals surface area contributed by atoms with Gasteiger partial charge in [0.05, 0.1) is 17.7 Å². The molecule has 0 heterocycles. The van der Waals surface area contributed by atoms with E-state index in [0.29, 0.717) is 27.6 Å². The van der Waals surface area contributed by atoms with E-state index in [1.807, 2.05) is 12.1 Å². The Hall–Kier alpha value is -2.08. The average Bonchev–Trinajstić information content (AvgIpc) is 2.68. The molecule has 5 nitrogen and oxygen atoms in total. The summed E-state index contributed by atoms with van der Waals surface area (Å²) in [5.74, 6) is -0.702. The van der Waals surface area contributed by atoms with Gasteiger partial charge in [-0.1, -0.05) is 56.1 Å². The van der Waals surface area contributed by atoms with Crippen molar-refractivity contribution in [3.05, 3.63) is 69.2 Å². The van der Waals surface area contributed by atoms with Crippen LogP contribution in [0.5, 0.6) is 0 Å². The van der Waals surface area contributed by atoms with Gasteiger partial charge in [-0.2, -0.15) is 0 Å². The van der Waals surface area contributed by atoms with Crippen LogP contribution in [0, 0.1) is 5.41 Å². The summed E-state index contributed by atoms with van der Waals surface area (Å²) in [5, 5.41) is 3.90. The number of carbonyl (C=O) groups is 2. The van der Waals surface area contributed by atoms with Crippen molar-refractivity contribution in [3.63, 3.8) is 0 Å². The van der Waals surface area contributed by atoms with E-state index in [4.69, 9.17) is 33.7 Å². The first-order valence-electron chi connectivity index (χ1n) is 10.7. The van der Waals surface area contributed by atoms with Crippen LogP contribution in [0.2, 0.25) is 10.0 Å². The van der Waals surface area contributed by atoms with Crippen molar-refractivity contribution in [1.29, 1.82) is 0 Å². The summed E-state index contributed by atoms with van der Waals surface area (Å²) < 4.78 is 5.25. The third kappa shape index (κ3) is 8.12. The van der Waals surface area contributed by atoms with Crippen LogP contribution in [-0.4, -0.2) is 18.0 Å². The molecule has 0 aliphatic rings. The zero-order chi connectivity index (χ0) is 24.1. The summed E-state index contributed by atoms with van der Waals surface area (Å²) in [6, 6.07) is 10.8. The molecule has 0 bridgehead atoms. The largest absolute Gasteiger partial charge is 0.459 e. The molecule has 0 saturated heterocycles. The lowest BCUT2D eigenvalue weighted by atomic mass is 9.87. The predicted molar refractivity (Wildman–Crippen MR) is 130 cm³/mol. The molecule has 2 aromatic rings. The molecule has 7 heteroatoms. The second-order valence-electron chi connectivity index (χ2n) is 9.42. The maximum atomic E-state index is 13.0. The molecule has 0 aliphatic heterocycles. The van der Waals surface area contributed by atoms with Crippen molar-refractivity contribution in [3.8, 4) is 0 Å². The molecule has 174 valence electrons. The van der Waals surface area contributed by atoms with Crippen molar-refractivity contribution in [2.24, 2.45) is 11.1 Å². The maximum absolute atomic E-state index is 13.0. The number of nitrogens with two attached hydrogens (primary N) is 1. The Morgan fingerprint density at radius 3 is 2.06 bits per heavy atom. The number of carbonyl (C=O) groups excluding carboxylic acids is 2. The molecule has 2 atom stereocenters. The predicted octanol–water partition coefficient (Wildman–Crippen LogP) is 6.24. The highest BCUT2D eigenvalue weighted by Gasteiger charge is 2.23. The maximum Gasteiger partial charge on any atom is 0.338 e. The minimum absolute atomic E-state index is 0.0899. The van der Waals surface area contributed by atoms with Crippen LogP contribution in [0.4, 0.5) is 0 Å². The van der Waals surface area contributed by atoms with Gasteiger partial charge in [-0.3, -0.25) is 4.79 Å². The Balaban J connectivity index is 2.22. The lowest BCUT2D eigenvalue weighted by molar-refractivity contribution is -0.123. The molecule has 0 spiro atoms. The van der Waals surface area contributed by atoms with E-state index in [9.17, 15) is 9.59 Å². The van der Waals surface area contributed by atoms with Gasteiger partial charge >= 0.3 is 5.97 Å². The number of halogens is 2. The van der Waals surface area contributed by atoms with Gasteiger partial charge in [0.1, 0.15) is 6.04 Å². The molecule has 1 amide bonds. The monoisotopic (exact) mass is 478 g/mol. The fraction of sp³-hybridized carbons (Fsp3) is 0.440. The third-order valence-electron chi connectivity index (χ3n) is 4.92. The normalized spacial score (nSPS) is 13.5. The first-order chi connectivity index (χ1) is 14.9. The molecule has 0 aromatic heterocycles. The van der Waals surface area contributed by atoms with E-state index < -0.39 is 6.04 Å². The molecule has 32 heavy (non-hydrogen) atoms. The molecule has 0 aliphatic carbocycles. The highest BCUT2D eigenvalue weighted by atomic mass is 35.5. The molecule has 2 rings (SSSR count). The number of rotatable bonds is 8. The van der Waals surface area contributed by atoms with Crippen LogP contribution < -0.4 is 11.1 Å². The number of esters is 1. The van der Waals surface area contributed by atoms with Gasteiger partial charge in [-0.25, -0.2) is 4.79 Å². The van der Waals surface area contributed by atoms with Crippen molar-refractivity contribution in [1.82, 2.24) is 5.32 Å². The molecule has 0 radical (unpaired) electrons. The number of nitrogens with one attached hydrogen (secondary N) is 1. The van der Waals surface area contributed by atoms with Gasteiger partial charge in [0, 0.05) is 10.0 Å². The van der Waals surface area contributed by atoms with Crippen LogP contribution >= 0.6 is 23.2 Å². The van der Waals surface area contributed by atoms with Crippen molar-refractivity contribution < 1.29 is 14.3 Å². The van der Waals surface area contributed by atoms with Gasteiger partial charge < -0.3 is 15.8 Å². The van der Waals surface area contributed by atoms with Crippen molar-refractivity contribution in [2.45, 2.75) is 65.6 Å².